The maximum atomic E-state index is 8.78. The Kier molecular flexibility index (Phi) is 3.01. The fourth-order valence-corrected chi connectivity index (χ4v) is 1.01. The quantitative estimate of drug-likeness (QED) is 0.681. The number of nitriles is 2. The van der Waals surface area contributed by atoms with Crippen molar-refractivity contribution in [2.24, 2.45) is 5.73 Å². The first-order chi connectivity index (χ1) is 6.72. The van der Waals surface area contributed by atoms with E-state index in [-0.39, 0.29) is 11.4 Å². The van der Waals surface area contributed by atoms with Gasteiger partial charge in [-0.25, -0.2) is 4.98 Å². The Labute approximate surface area is 81.7 Å². The van der Waals surface area contributed by atoms with Gasteiger partial charge in [0, 0.05) is 13.1 Å². The Morgan fingerprint density at radius 3 is 2.79 bits per heavy atom. The van der Waals surface area contributed by atoms with E-state index in [4.69, 9.17) is 16.3 Å². The molecule has 1 heterocycles. The van der Waals surface area contributed by atoms with Crippen molar-refractivity contribution < 1.29 is 0 Å². The predicted molar refractivity (Wildman–Crippen MR) is 49.9 cm³/mol. The Bertz CT molecular complexity index is 429. The molecular weight excluding hydrogens is 178 g/mol. The number of aromatic nitrogens is 2. The van der Waals surface area contributed by atoms with E-state index in [9.17, 15) is 0 Å². The van der Waals surface area contributed by atoms with Gasteiger partial charge in [-0.3, -0.25) is 0 Å². The highest BCUT2D eigenvalue weighted by molar-refractivity contribution is 5.36. The zero-order chi connectivity index (χ0) is 10.6. The second-order valence-electron chi connectivity index (χ2n) is 2.75. The van der Waals surface area contributed by atoms with Gasteiger partial charge in [0.1, 0.15) is 12.1 Å². The highest BCUT2D eigenvalue weighted by atomic mass is 15.1. The molecule has 70 valence electrons. The summed E-state index contributed by atoms with van der Waals surface area (Å²) in [7, 11) is 0. The third-order valence-corrected chi connectivity index (χ3v) is 1.73. The lowest BCUT2D eigenvalue weighted by molar-refractivity contribution is 0.759. The molecule has 0 aliphatic carbocycles. The van der Waals surface area contributed by atoms with Crippen LogP contribution in [0.2, 0.25) is 0 Å². The van der Waals surface area contributed by atoms with Gasteiger partial charge in [0.25, 0.3) is 0 Å². The maximum absolute atomic E-state index is 8.78. The number of nitrogens with two attached hydrogens (primary N) is 1. The monoisotopic (exact) mass is 187 g/mol. The summed E-state index contributed by atoms with van der Waals surface area (Å²) < 4.78 is 1.56. The SMILES string of the molecule is C=C(CN)Cn1cnc(C#N)c1C#N. The van der Waals surface area contributed by atoms with E-state index in [2.05, 4.69) is 11.6 Å². The molecule has 2 N–H and O–H groups in total. The summed E-state index contributed by atoms with van der Waals surface area (Å²) in [6, 6.07) is 3.76. The van der Waals surface area contributed by atoms with Crippen LogP contribution in [0.4, 0.5) is 0 Å². The van der Waals surface area contributed by atoms with E-state index < -0.39 is 0 Å². The minimum atomic E-state index is 0.136. The van der Waals surface area contributed by atoms with Crippen LogP contribution in [-0.4, -0.2) is 16.1 Å². The summed E-state index contributed by atoms with van der Waals surface area (Å²) in [6.45, 7) is 4.49. The molecule has 0 aromatic carbocycles. The van der Waals surface area contributed by atoms with Gasteiger partial charge in [-0.2, -0.15) is 10.5 Å². The molecule has 1 rings (SSSR count). The molecule has 0 fully saturated rings. The number of imidazole rings is 1. The second-order valence-corrected chi connectivity index (χ2v) is 2.75. The largest absolute Gasteiger partial charge is 0.327 e. The first-order valence-electron chi connectivity index (χ1n) is 3.95. The summed E-state index contributed by atoms with van der Waals surface area (Å²) in [6.07, 6.45) is 1.44. The molecule has 0 aliphatic rings. The molecule has 0 spiro atoms. The zero-order valence-corrected chi connectivity index (χ0v) is 7.56. The van der Waals surface area contributed by atoms with E-state index in [1.54, 1.807) is 4.57 Å². The fraction of sp³-hybridized carbons (Fsp3) is 0.222. The molecule has 1 aromatic heterocycles. The average molecular weight is 187 g/mol. The highest BCUT2D eigenvalue weighted by Gasteiger charge is 2.09. The zero-order valence-electron chi connectivity index (χ0n) is 7.56. The fourth-order valence-electron chi connectivity index (χ4n) is 1.01. The number of hydrogen-bond donors (Lipinski definition) is 1. The molecule has 0 unspecified atom stereocenters. The molecule has 0 aliphatic heterocycles. The molecule has 14 heavy (non-hydrogen) atoms. The number of nitrogens with zero attached hydrogens (tertiary/aromatic N) is 4. The first-order valence-corrected chi connectivity index (χ1v) is 3.95. The van der Waals surface area contributed by atoms with Crippen LogP contribution in [0.5, 0.6) is 0 Å². The van der Waals surface area contributed by atoms with Crippen molar-refractivity contribution in [3.8, 4) is 12.1 Å². The molecule has 5 nitrogen and oxygen atoms in total. The first kappa shape index (κ1) is 9.97. The van der Waals surface area contributed by atoms with Crippen LogP contribution in [0.25, 0.3) is 0 Å². The van der Waals surface area contributed by atoms with Crippen molar-refractivity contribution in [2.45, 2.75) is 6.54 Å². The van der Waals surface area contributed by atoms with Crippen molar-refractivity contribution in [3.63, 3.8) is 0 Å². The van der Waals surface area contributed by atoms with Gasteiger partial charge in [-0.1, -0.05) is 6.58 Å². The molecule has 5 heteroatoms. The van der Waals surface area contributed by atoms with Gasteiger partial charge in [-0.15, -0.1) is 0 Å². The van der Waals surface area contributed by atoms with Crippen LogP contribution in [0.1, 0.15) is 11.4 Å². The maximum Gasteiger partial charge on any atom is 0.176 e. The second kappa shape index (κ2) is 4.22. The summed E-state index contributed by atoms with van der Waals surface area (Å²) in [5.74, 6) is 0. The van der Waals surface area contributed by atoms with Gasteiger partial charge >= 0.3 is 0 Å². The van der Waals surface area contributed by atoms with E-state index >= 15 is 0 Å². The topological polar surface area (TPSA) is 91.4 Å². The van der Waals surface area contributed by atoms with Crippen LogP contribution in [0.15, 0.2) is 18.5 Å². The van der Waals surface area contributed by atoms with Gasteiger partial charge in [0.05, 0.1) is 6.33 Å². The molecule has 0 amide bonds. The smallest absolute Gasteiger partial charge is 0.176 e. The van der Waals surface area contributed by atoms with Crippen molar-refractivity contribution >= 4 is 0 Å². The van der Waals surface area contributed by atoms with Crippen molar-refractivity contribution in [1.82, 2.24) is 9.55 Å². The van der Waals surface area contributed by atoms with Gasteiger partial charge in [0.15, 0.2) is 11.4 Å². The van der Waals surface area contributed by atoms with E-state index in [0.717, 1.165) is 5.57 Å². The lowest BCUT2D eigenvalue weighted by atomic mass is 10.3. The molecule has 0 atom stereocenters. The summed E-state index contributed by atoms with van der Waals surface area (Å²) in [4.78, 5) is 3.79. The van der Waals surface area contributed by atoms with Gasteiger partial charge < -0.3 is 10.3 Å². The lowest BCUT2D eigenvalue weighted by Gasteiger charge is -2.03. The van der Waals surface area contributed by atoms with E-state index in [1.807, 2.05) is 12.1 Å². The third kappa shape index (κ3) is 1.79. The van der Waals surface area contributed by atoms with Crippen LogP contribution in [-0.2, 0) is 6.54 Å². The Hall–Kier alpha value is -2.11. The highest BCUT2D eigenvalue weighted by Crippen LogP contribution is 2.06. The van der Waals surface area contributed by atoms with E-state index in [0.29, 0.717) is 13.1 Å². The van der Waals surface area contributed by atoms with Crippen LogP contribution in [0, 0.1) is 22.7 Å². The standard InChI is InChI=1S/C9H9N5/c1-7(2-10)5-14-6-13-8(3-11)9(14)4-12/h6H,1-2,5,10H2. The van der Waals surface area contributed by atoms with Gasteiger partial charge in [0.2, 0.25) is 0 Å². The van der Waals surface area contributed by atoms with Crippen molar-refractivity contribution in [3.05, 3.63) is 29.9 Å². The molecule has 0 saturated heterocycles. The Morgan fingerprint density at radius 1 is 1.57 bits per heavy atom. The van der Waals surface area contributed by atoms with Crippen LogP contribution >= 0.6 is 0 Å². The van der Waals surface area contributed by atoms with Crippen molar-refractivity contribution in [1.29, 1.82) is 10.5 Å². The molecule has 0 bridgehead atoms. The van der Waals surface area contributed by atoms with Crippen LogP contribution in [0.3, 0.4) is 0 Å². The normalized spacial score (nSPS) is 9.07. The van der Waals surface area contributed by atoms with Gasteiger partial charge in [-0.05, 0) is 5.57 Å². The van der Waals surface area contributed by atoms with Crippen molar-refractivity contribution in [2.75, 3.05) is 6.54 Å². The molecular formula is C9H9N5. The van der Waals surface area contributed by atoms with Crippen LogP contribution < -0.4 is 5.73 Å². The number of hydrogen-bond acceptors (Lipinski definition) is 4. The van der Waals surface area contributed by atoms with E-state index in [1.165, 1.54) is 6.33 Å². The molecule has 0 saturated carbocycles. The third-order valence-electron chi connectivity index (χ3n) is 1.73. The molecule has 1 aromatic rings. The minimum absolute atomic E-state index is 0.136. The Morgan fingerprint density at radius 2 is 2.29 bits per heavy atom. The summed E-state index contributed by atoms with van der Waals surface area (Å²) in [5.41, 5.74) is 6.54. The predicted octanol–water partition coefficient (Wildman–Crippen LogP) is 0.141. The average Bonchev–Trinajstić information content (AvgIpc) is 2.59. The Balaban J connectivity index is 3.01. The molecule has 0 radical (unpaired) electrons. The summed E-state index contributed by atoms with van der Waals surface area (Å²) in [5, 5.41) is 17.4. The minimum Gasteiger partial charge on any atom is -0.327 e. The summed E-state index contributed by atoms with van der Waals surface area (Å²) >= 11 is 0. The number of rotatable bonds is 3. The lowest BCUT2D eigenvalue weighted by Crippen LogP contribution is -2.09.